The van der Waals surface area contributed by atoms with E-state index in [1.165, 1.54) is 18.7 Å². The van der Waals surface area contributed by atoms with Crippen LogP contribution in [0.25, 0.3) is 11.4 Å². The highest BCUT2D eigenvalue weighted by Crippen LogP contribution is 2.42. The summed E-state index contributed by atoms with van der Waals surface area (Å²) in [6.45, 7) is 0. The van der Waals surface area contributed by atoms with Crippen molar-refractivity contribution in [3.05, 3.63) is 50.9 Å². The summed E-state index contributed by atoms with van der Waals surface area (Å²) in [5.41, 5.74) is -0.362. The third-order valence-electron chi connectivity index (χ3n) is 4.41. The Labute approximate surface area is 157 Å². The Morgan fingerprint density at radius 2 is 2.00 bits per heavy atom. The highest BCUT2D eigenvalue weighted by atomic mass is 32.2. The highest BCUT2D eigenvalue weighted by molar-refractivity contribution is 7.99. The van der Waals surface area contributed by atoms with Crippen LogP contribution in [0.15, 0.2) is 44.3 Å². The van der Waals surface area contributed by atoms with Crippen LogP contribution in [0.5, 0.6) is 0 Å². The van der Waals surface area contributed by atoms with Crippen molar-refractivity contribution in [3.63, 3.8) is 0 Å². The average molecular weight is 381 g/mol. The lowest BCUT2D eigenvalue weighted by molar-refractivity contribution is 0.625. The molecular formula is C17H15N7O2S. The van der Waals surface area contributed by atoms with Crippen LogP contribution in [0.4, 0.5) is 0 Å². The molecule has 9 nitrogen and oxygen atoms in total. The van der Waals surface area contributed by atoms with Crippen LogP contribution in [-0.2, 0) is 14.1 Å². The smallest absolute Gasteiger partial charge is 0.299 e. The molecule has 3 aromatic rings. The van der Waals surface area contributed by atoms with Gasteiger partial charge < -0.3 is 0 Å². The second-order valence-corrected chi connectivity index (χ2v) is 7.20. The Balaban J connectivity index is 1.86. The van der Waals surface area contributed by atoms with Crippen molar-refractivity contribution >= 4 is 11.8 Å². The number of hydrogen-bond donors (Lipinski definition) is 0. The molecule has 27 heavy (non-hydrogen) atoms. The molecule has 136 valence electrons. The first-order valence-electron chi connectivity index (χ1n) is 8.26. The normalized spacial score (nSPS) is 13.5. The summed E-state index contributed by atoms with van der Waals surface area (Å²) in [4.78, 5) is 28.7. The van der Waals surface area contributed by atoms with E-state index in [-0.39, 0.29) is 16.6 Å². The predicted octanol–water partition coefficient (Wildman–Crippen LogP) is 1.10. The monoisotopic (exact) mass is 381 g/mol. The van der Waals surface area contributed by atoms with Gasteiger partial charge in [0.25, 0.3) is 5.56 Å². The van der Waals surface area contributed by atoms with Crippen molar-refractivity contribution in [2.24, 2.45) is 14.1 Å². The first-order chi connectivity index (χ1) is 13.0. The van der Waals surface area contributed by atoms with E-state index in [0.717, 1.165) is 34.7 Å². The maximum atomic E-state index is 12.3. The Hall–Kier alpha value is -3.19. The minimum atomic E-state index is -0.618. The number of pyridine rings is 1. The van der Waals surface area contributed by atoms with Gasteiger partial charge in [0.1, 0.15) is 16.7 Å². The Bertz CT molecular complexity index is 1180. The van der Waals surface area contributed by atoms with Crippen LogP contribution < -0.4 is 11.2 Å². The summed E-state index contributed by atoms with van der Waals surface area (Å²) in [7, 11) is 2.89. The molecule has 3 aromatic heterocycles. The summed E-state index contributed by atoms with van der Waals surface area (Å²) >= 11 is 1.11. The molecule has 0 unspecified atom stereocenters. The lowest BCUT2D eigenvalue weighted by Gasteiger charge is -2.12. The minimum absolute atomic E-state index is 0.0853. The van der Waals surface area contributed by atoms with Crippen molar-refractivity contribution in [2.75, 3.05) is 0 Å². The van der Waals surface area contributed by atoms with Gasteiger partial charge in [-0.2, -0.15) is 5.26 Å². The molecule has 1 aliphatic rings. The molecule has 1 fully saturated rings. The standard InChI is InChI=1S/C17H15N7O2S/c1-22-14(25)12(8-18)15(23(2)17(22)26)27-16-21-20-13(24(16)11-5-6-11)10-4-3-7-19-9-10/h3-4,7,9,11H,5-6H2,1-2H3. The molecule has 10 heteroatoms. The fourth-order valence-corrected chi connectivity index (χ4v) is 3.87. The summed E-state index contributed by atoms with van der Waals surface area (Å²) < 4.78 is 4.21. The molecule has 0 spiro atoms. The van der Waals surface area contributed by atoms with Crippen LogP contribution in [0, 0.1) is 11.3 Å². The minimum Gasteiger partial charge on any atom is -0.299 e. The van der Waals surface area contributed by atoms with Crippen molar-refractivity contribution in [1.29, 1.82) is 5.26 Å². The predicted molar refractivity (Wildman–Crippen MR) is 97.3 cm³/mol. The molecule has 3 heterocycles. The molecule has 0 amide bonds. The van der Waals surface area contributed by atoms with Crippen molar-refractivity contribution in [3.8, 4) is 17.5 Å². The zero-order valence-corrected chi connectivity index (χ0v) is 15.5. The second-order valence-electron chi connectivity index (χ2n) is 6.25. The van der Waals surface area contributed by atoms with Gasteiger partial charge in [0.2, 0.25) is 0 Å². The molecule has 0 saturated heterocycles. The van der Waals surface area contributed by atoms with Gasteiger partial charge >= 0.3 is 5.69 Å². The van der Waals surface area contributed by atoms with Gasteiger partial charge in [-0.1, -0.05) is 0 Å². The Kier molecular flexibility index (Phi) is 4.16. The molecule has 1 saturated carbocycles. The van der Waals surface area contributed by atoms with E-state index < -0.39 is 11.2 Å². The van der Waals surface area contributed by atoms with Gasteiger partial charge in [-0.05, 0) is 36.7 Å². The topological polar surface area (TPSA) is 111 Å². The van der Waals surface area contributed by atoms with Gasteiger partial charge in [-0.25, -0.2) is 4.79 Å². The van der Waals surface area contributed by atoms with E-state index in [1.807, 2.05) is 22.8 Å². The molecule has 0 aromatic carbocycles. The van der Waals surface area contributed by atoms with E-state index in [9.17, 15) is 14.9 Å². The molecule has 1 aliphatic carbocycles. The molecule has 0 bridgehead atoms. The first-order valence-corrected chi connectivity index (χ1v) is 9.07. The SMILES string of the molecule is Cn1c(Sc2nnc(-c3cccnc3)n2C2CC2)c(C#N)c(=O)n(C)c1=O. The average Bonchev–Trinajstić information content (AvgIpc) is 3.45. The lowest BCUT2D eigenvalue weighted by atomic mass is 10.3. The fourth-order valence-electron chi connectivity index (χ4n) is 2.83. The van der Waals surface area contributed by atoms with E-state index in [0.29, 0.717) is 11.0 Å². The largest absolute Gasteiger partial charge is 0.331 e. The van der Waals surface area contributed by atoms with Crippen molar-refractivity contribution in [1.82, 2.24) is 28.9 Å². The fraction of sp³-hybridized carbons (Fsp3) is 0.294. The molecule has 4 rings (SSSR count). The van der Waals surface area contributed by atoms with Crippen LogP contribution in [-0.4, -0.2) is 28.9 Å². The van der Waals surface area contributed by atoms with Gasteiger partial charge in [-0.3, -0.25) is 23.5 Å². The number of nitrogens with zero attached hydrogens (tertiary/aromatic N) is 7. The lowest BCUT2D eigenvalue weighted by Crippen LogP contribution is -2.39. The van der Waals surface area contributed by atoms with E-state index >= 15 is 0 Å². The van der Waals surface area contributed by atoms with Crippen LogP contribution in [0.1, 0.15) is 24.4 Å². The van der Waals surface area contributed by atoms with Crippen LogP contribution in [0.3, 0.4) is 0 Å². The summed E-state index contributed by atoms with van der Waals surface area (Å²) in [5.74, 6) is 0.681. The third-order valence-corrected chi connectivity index (χ3v) is 5.54. The van der Waals surface area contributed by atoms with E-state index in [1.54, 1.807) is 12.4 Å². The van der Waals surface area contributed by atoms with Crippen LogP contribution in [0.2, 0.25) is 0 Å². The van der Waals surface area contributed by atoms with E-state index in [4.69, 9.17) is 0 Å². The zero-order valence-electron chi connectivity index (χ0n) is 14.7. The Morgan fingerprint density at radius 3 is 2.63 bits per heavy atom. The van der Waals surface area contributed by atoms with Gasteiger partial charge in [0.15, 0.2) is 11.0 Å². The summed E-state index contributed by atoms with van der Waals surface area (Å²) in [6, 6.07) is 5.90. The summed E-state index contributed by atoms with van der Waals surface area (Å²) in [5, 5.41) is 18.8. The highest BCUT2D eigenvalue weighted by Gasteiger charge is 2.31. The zero-order chi connectivity index (χ0) is 19.1. The number of aromatic nitrogens is 6. The Morgan fingerprint density at radius 1 is 1.22 bits per heavy atom. The quantitative estimate of drug-likeness (QED) is 0.622. The molecule has 0 radical (unpaired) electrons. The van der Waals surface area contributed by atoms with Gasteiger partial charge in [-0.15, -0.1) is 10.2 Å². The molecule has 0 aliphatic heterocycles. The van der Waals surface area contributed by atoms with Gasteiger partial charge in [0.05, 0.1) is 0 Å². The first kappa shape index (κ1) is 17.2. The maximum absolute atomic E-state index is 12.3. The van der Waals surface area contributed by atoms with Gasteiger partial charge in [0, 0.05) is 38.1 Å². The number of rotatable bonds is 4. The molecular weight excluding hydrogens is 366 g/mol. The third kappa shape index (κ3) is 2.86. The second kappa shape index (κ2) is 6.51. The summed E-state index contributed by atoms with van der Waals surface area (Å²) in [6.07, 6.45) is 5.40. The van der Waals surface area contributed by atoms with Crippen molar-refractivity contribution < 1.29 is 0 Å². The molecule has 0 N–H and O–H groups in total. The number of hydrogen-bond acceptors (Lipinski definition) is 7. The number of nitriles is 1. The van der Waals surface area contributed by atoms with Crippen molar-refractivity contribution in [2.45, 2.75) is 29.1 Å². The maximum Gasteiger partial charge on any atom is 0.331 e. The molecule has 0 atom stereocenters. The van der Waals surface area contributed by atoms with E-state index in [2.05, 4.69) is 15.2 Å². The van der Waals surface area contributed by atoms with Crippen LogP contribution >= 0.6 is 11.8 Å².